The fraction of sp³-hybridized carbons (Fsp3) is 0.324. The van der Waals surface area contributed by atoms with Gasteiger partial charge in [0.2, 0.25) is 0 Å². The Morgan fingerprint density at radius 2 is 1.75 bits per heavy atom. The maximum absolute atomic E-state index is 14.3. The number of rotatable bonds is 7. The van der Waals surface area contributed by atoms with Gasteiger partial charge in [0, 0.05) is 66.7 Å². The van der Waals surface area contributed by atoms with E-state index < -0.39 is 17.8 Å². The van der Waals surface area contributed by atoms with E-state index in [1.165, 1.54) is 28.0 Å². The van der Waals surface area contributed by atoms with Gasteiger partial charge in [-0.2, -0.15) is 0 Å². The summed E-state index contributed by atoms with van der Waals surface area (Å²) in [6, 6.07) is 16.5. The van der Waals surface area contributed by atoms with Crippen LogP contribution in [-0.2, 0) is 17.8 Å². The van der Waals surface area contributed by atoms with Crippen LogP contribution in [0.15, 0.2) is 72.2 Å². The van der Waals surface area contributed by atoms with Crippen LogP contribution in [0.3, 0.4) is 0 Å². The molecule has 10 heteroatoms. The molecule has 0 bridgehead atoms. The molecule has 0 spiro atoms. The lowest BCUT2D eigenvalue weighted by Gasteiger charge is -2.43. The largest absolute Gasteiger partial charge is 0.508 e. The van der Waals surface area contributed by atoms with Crippen molar-refractivity contribution >= 4 is 34.0 Å². The van der Waals surface area contributed by atoms with Gasteiger partial charge in [0.15, 0.2) is 5.13 Å². The summed E-state index contributed by atoms with van der Waals surface area (Å²) >= 11 is 1.23. The summed E-state index contributed by atoms with van der Waals surface area (Å²) in [6.07, 6.45) is 2.20. The number of carbonyl (C=O) groups is 2. The summed E-state index contributed by atoms with van der Waals surface area (Å²) in [5, 5.41) is 15.4. The van der Waals surface area contributed by atoms with Crippen molar-refractivity contribution in [2.45, 2.75) is 45.3 Å². The van der Waals surface area contributed by atoms with Crippen LogP contribution in [0.5, 0.6) is 5.75 Å². The molecule has 1 fully saturated rings. The van der Waals surface area contributed by atoms with Crippen molar-refractivity contribution in [1.82, 2.24) is 14.8 Å². The van der Waals surface area contributed by atoms with Gasteiger partial charge < -0.3 is 14.9 Å². The summed E-state index contributed by atoms with van der Waals surface area (Å²) in [7, 11) is 0. The predicted octanol–water partition coefficient (Wildman–Crippen LogP) is 5.83. The molecule has 0 saturated carbocycles. The number of hydrogen-bond acceptors (Lipinski definition) is 7. The number of hydrogen-bond donors (Lipinski definition) is 2. The van der Waals surface area contributed by atoms with Gasteiger partial charge in [0.05, 0.1) is 0 Å². The van der Waals surface area contributed by atoms with Crippen LogP contribution < -0.4 is 10.2 Å². The summed E-state index contributed by atoms with van der Waals surface area (Å²) in [5.74, 6) is -1.82. The van der Waals surface area contributed by atoms with Crippen molar-refractivity contribution in [1.29, 1.82) is 0 Å². The van der Waals surface area contributed by atoms with Gasteiger partial charge in [-0.05, 0) is 80.3 Å². The van der Waals surface area contributed by atoms with Crippen LogP contribution >= 0.6 is 11.3 Å². The molecule has 1 aromatic heterocycles. The second-order valence-corrected chi connectivity index (χ2v) is 13.2. The van der Waals surface area contributed by atoms with Gasteiger partial charge in [-0.15, -0.1) is 11.3 Å². The Morgan fingerprint density at radius 3 is 2.43 bits per heavy atom. The highest BCUT2D eigenvalue weighted by Crippen LogP contribution is 2.37. The van der Waals surface area contributed by atoms with E-state index in [-0.39, 0.29) is 29.3 Å². The van der Waals surface area contributed by atoms with Crippen molar-refractivity contribution in [2.75, 3.05) is 36.4 Å². The maximum atomic E-state index is 14.3. The highest BCUT2D eigenvalue weighted by atomic mass is 32.1. The minimum atomic E-state index is -1.25. The number of amides is 2. The number of benzene rings is 3. The molecule has 44 heavy (non-hydrogen) atoms. The van der Waals surface area contributed by atoms with E-state index in [9.17, 15) is 19.1 Å². The number of fused-ring (bicyclic) bond motifs is 1. The third kappa shape index (κ3) is 6.18. The van der Waals surface area contributed by atoms with Crippen LogP contribution in [0.25, 0.3) is 0 Å². The normalized spacial score (nSPS) is 16.2. The zero-order chi connectivity index (χ0) is 31.0. The quantitative estimate of drug-likeness (QED) is 0.273. The number of halogens is 1. The minimum absolute atomic E-state index is 0.0142. The van der Waals surface area contributed by atoms with Gasteiger partial charge in [0.25, 0.3) is 11.8 Å². The highest BCUT2D eigenvalue weighted by molar-refractivity contribution is 7.13. The molecule has 1 unspecified atom stereocenters. The molecule has 4 aromatic rings. The van der Waals surface area contributed by atoms with Crippen molar-refractivity contribution in [2.24, 2.45) is 0 Å². The number of phenols is 1. The Labute approximate surface area is 260 Å². The van der Waals surface area contributed by atoms with E-state index in [1.54, 1.807) is 11.6 Å². The Balaban J connectivity index is 1.18. The monoisotopic (exact) mass is 613 g/mol. The van der Waals surface area contributed by atoms with E-state index in [4.69, 9.17) is 0 Å². The number of aromatic hydroxyl groups is 1. The standard InChI is InChI=1S/C34H36FN5O3S/c1-34(2,3)39-15-13-38(14-16-39)26-9-5-22(6-10-26)18-23-4-7-24-21-40(32(43)27(24)19-23)30(28-20-25(35)8-11-29(28)41)31(42)37-33-36-12-17-44-33/h4-12,17,19-20,30,41H,13-16,18,21H2,1-3H3,(H,36,37,42). The van der Waals surface area contributed by atoms with E-state index in [1.807, 2.05) is 18.2 Å². The summed E-state index contributed by atoms with van der Waals surface area (Å²) < 4.78 is 14.3. The van der Waals surface area contributed by atoms with Crippen LogP contribution in [-0.4, -0.2) is 63.4 Å². The highest BCUT2D eigenvalue weighted by Gasteiger charge is 2.39. The van der Waals surface area contributed by atoms with Crippen LogP contribution in [0.1, 0.15) is 59.4 Å². The molecule has 0 aliphatic carbocycles. The molecule has 1 saturated heterocycles. The second kappa shape index (κ2) is 12.0. The first-order valence-corrected chi connectivity index (χ1v) is 15.7. The molecule has 228 valence electrons. The van der Waals surface area contributed by atoms with Gasteiger partial charge in [-0.25, -0.2) is 9.37 Å². The van der Waals surface area contributed by atoms with Gasteiger partial charge in [0.1, 0.15) is 17.6 Å². The average Bonchev–Trinajstić information content (AvgIpc) is 3.63. The number of nitrogens with one attached hydrogen (secondary N) is 1. The molecule has 3 aromatic carbocycles. The molecule has 6 rings (SSSR count). The Bertz CT molecular complexity index is 1660. The first kappa shape index (κ1) is 29.8. The predicted molar refractivity (Wildman–Crippen MR) is 171 cm³/mol. The molecular formula is C34H36FN5O3S. The van der Waals surface area contributed by atoms with Gasteiger partial charge in [-0.3, -0.25) is 19.8 Å². The lowest BCUT2D eigenvalue weighted by Crippen LogP contribution is -2.53. The molecular weight excluding hydrogens is 577 g/mol. The fourth-order valence-corrected chi connectivity index (χ4v) is 6.57. The van der Waals surface area contributed by atoms with E-state index >= 15 is 0 Å². The van der Waals surface area contributed by atoms with E-state index in [2.05, 4.69) is 65.1 Å². The first-order valence-electron chi connectivity index (χ1n) is 14.8. The maximum Gasteiger partial charge on any atom is 0.255 e. The number of nitrogens with zero attached hydrogens (tertiary/aromatic N) is 4. The smallest absolute Gasteiger partial charge is 0.255 e. The number of aromatic nitrogens is 1. The van der Waals surface area contributed by atoms with Crippen LogP contribution in [0, 0.1) is 5.82 Å². The molecule has 8 nitrogen and oxygen atoms in total. The molecule has 2 N–H and O–H groups in total. The Kier molecular flexibility index (Phi) is 8.13. The van der Waals surface area contributed by atoms with Crippen LogP contribution in [0.2, 0.25) is 0 Å². The SMILES string of the molecule is CC(C)(C)N1CCN(c2ccc(Cc3ccc4c(c3)C(=O)N(C(C(=O)Nc3nccs3)c3cc(F)ccc3O)C4)cc2)CC1. The second-order valence-electron chi connectivity index (χ2n) is 12.3. The third-order valence-electron chi connectivity index (χ3n) is 8.45. The van der Waals surface area contributed by atoms with E-state index in [0.29, 0.717) is 17.1 Å². The lowest BCUT2D eigenvalue weighted by molar-refractivity contribution is -0.120. The number of thiazole rings is 1. The molecule has 3 heterocycles. The fourth-order valence-electron chi connectivity index (χ4n) is 6.04. The Hall–Kier alpha value is -4.28. The number of carbonyl (C=O) groups excluding carboxylic acids is 2. The van der Waals surface area contributed by atoms with E-state index in [0.717, 1.165) is 55.0 Å². The first-order chi connectivity index (χ1) is 21.1. The Morgan fingerprint density at radius 1 is 1.02 bits per heavy atom. The van der Waals surface area contributed by atoms with Gasteiger partial charge in [-0.1, -0.05) is 24.3 Å². The summed E-state index contributed by atoms with van der Waals surface area (Å²) in [6.45, 7) is 11.0. The zero-order valence-electron chi connectivity index (χ0n) is 25.1. The number of phenolic OH excluding ortho intramolecular Hbond substituents is 1. The zero-order valence-corrected chi connectivity index (χ0v) is 25.9. The lowest BCUT2D eigenvalue weighted by atomic mass is 10.00. The van der Waals surface area contributed by atoms with Gasteiger partial charge >= 0.3 is 0 Å². The summed E-state index contributed by atoms with van der Waals surface area (Å²) in [4.78, 5) is 37.7. The number of anilines is 2. The third-order valence-corrected chi connectivity index (χ3v) is 9.14. The van der Waals surface area contributed by atoms with Crippen molar-refractivity contribution in [3.05, 3.63) is 106 Å². The minimum Gasteiger partial charge on any atom is -0.508 e. The van der Waals surface area contributed by atoms with Crippen molar-refractivity contribution < 1.29 is 19.1 Å². The topological polar surface area (TPSA) is 89.0 Å². The molecule has 2 aliphatic rings. The molecule has 2 aliphatic heterocycles. The van der Waals surface area contributed by atoms with Crippen molar-refractivity contribution in [3.63, 3.8) is 0 Å². The molecule has 2 amide bonds. The average molecular weight is 614 g/mol. The molecule has 0 radical (unpaired) electrons. The number of piperazine rings is 1. The van der Waals surface area contributed by atoms with Crippen LogP contribution in [0.4, 0.5) is 15.2 Å². The van der Waals surface area contributed by atoms with Crippen molar-refractivity contribution in [3.8, 4) is 5.75 Å². The summed E-state index contributed by atoms with van der Waals surface area (Å²) in [5.41, 5.74) is 4.79. The molecule has 1 atom stereocenters.